The average molecular weight is 302 g/mol. The number of benzene rings is 1. The zero-order valence-electron chi connectivity index (χ0n) is 12.5. The highest BCUT2D eigenvalue weighted by atomic mass is 32.1. The van der Waals surface area contributed by atoms with E-state index in [1.165, 1.54) is 36.1 Å². The van der Waals surface area contributed by atoms with E-state index in [4.69, 9.17) is 4.74 Å². The van der Waals surface area contributed by atoms with E-state index < -0.39 is 6.10 Å². The van der Waals surface area contributed by atoms with Crippen LogP contribution in [0, 0.1) is 0 Å². The molecule has 1 aliphatic rings. The minimum Gasteiger partial charge on any atom is -0.494 e. The van der Waals surface area contributed by atoms with Gasteiger partial charge in [-0.05, 0) is 61.4 Å². The molecule has 0 saturated carbocycles. The molecule has 0 spiro atoms. The van der Waals surface area contributed by atoms with Gasteiger partial charge in [0.2, 0.25) is 0 Å². The second-order valence-corrected chi connectivity index (χ2v) is 6.79. The summed E-state index contributed by atoms with van der Waals surface area (Å²) in [6.07, 6.45) is 5.40. The maximum absolute atomic E-state index is 10.6. The Bertz CT molecular complexity index is 562. The van der Waals surface area contributed by atoms with Crippen LogP contribution in [0.25, 0.3) is 0 Å². The first-order chi connectivity index (χ1) is 10.3. The van der Waals surface area contributed by atoms with Gasteiger partial charge in [0, 0.05) is 9.75 Å². The van der Waals surface area contributed by atoms with Crippen molar-refractivity contribution in [2.24, 2.45) is 0 Å². The summed E-state index contributed by atoms with van der Waals surface area (Å²) in [6, 6.07) is 10.0. The summed E-state index contributed by atoms with van der Waals surface area (Å²) >= 11 is 1.78. The Kier molecular flexibility index (Phi) is 4.61. The van der Waals surface area contributed by atoms with Crippen LogP contribution in [0.2, 0.25) is 0 Å². The largest absolute Gasteiger partial charge is 0.494 e. The maximum Gasteiger partial charge on any atom is 0.119 e. The molecular formula is C18H22O2S. The normalized spacial score (nSPS) is 15.5. The molecule has 2 aromatic rings. The molecule has 0 radical (unpaired) electrons. The predicted molar refractivity (Wildman–Crippen MR) is 87.3 cm³/mol. The Morgan fingerprint density at radius 3 is 2.67 bits per heavy atom. The number of hydrogen-bond donors (Lipinski definition) is 1. The number of aryl methyl sites for hydroxylation is 2. The molecule has 0 saturated heterocycles. The molecule has 1 aromatic carbocycles. The number of aliphatic hydroxyl groups excluding tert-OH is 1. The Hall–Kier alpha value is -1.32. The van der Waals surface area contributed by atoms with Gasteiger partial charge in [-0.3, -0.25) is 0 Å². The van der Waals surface area contributed by atoms with Crippen LogP contribution in [-0.4, -0.2) is 11.7 Å². The quantitative estimate of drug-likeness (QED) is 0.881. The van der Waals surface area contributed by atoms with Gasteiger partial charge in [-0.25, -0.2) is 0 Å². The molecule has 1 N–H and O–H groups in total. The van der Waals surface area contributed by atoms with Crippen molar-refractivity contribution in [1.82, 2.24) is 0 Å². The Labute approximate surface area is 130 Å². The third-order valence-corrected chi connectivity index (χ3v) is 5.24. The van der Waals surface area contributed by atoms with Crippen LogP contribution < -0.4 is 4.74 Å². The van der Waals surface area contributed by atoms with Gasteiger partial charge >= 0.3 is 0 Å². The molecule has 21 heavy (non-hydrogen) atoms. The van der Waals surface area contributed by atoms with Crippen LogP contribution >= 0.6 is 11.3 Å². The fourth-order valence-electron chi connectivity index (χ4n) is 2.78. The molecule has 0 fully saturated rings. The van der Waals surface area contributed by atoms with Gasteiger partial charge in [-0.1, -0.05) is 19.1 Å². The lowest BCUT2D eigenvalue weighted by Crippen LogP contribution is -1.99. The molecule has 3 heteroatoms. The molecule has 1 heterocycles. The lowest BCUT2D eigenvalue weighted by Gasteiger charge is -2.10. The van der Waals surface area contributed by atoms with Crippen LogP contribution in [-0.2, 0) is 12.8 Å². The number of fused-ring (bicyclic) bond motifs is 1. The van der Waals surface area contributed by atoms with Crippen molar-refractivity contribution in [1.29, 1.82) is 0 Å². The van der Waals surface area contributed by atoms with Crippen LogP contribution in [0.4, 0.5) is 0 Å². The van der Waals surface area contributed by atoms with Crippen molar-refractivity contribution in [3.63, 3.8) is 0 Å². The van der Waals surface area contributed by atoms with E-state index in [0.29, 0.717) is 0 Å². The average Bonchev–Trinajstić information content (AvgIpc) is 2.96. The lowest BCUT2D eigenvalue weighted by atomic mass is 9.98. The van der Waals surface area contributed by atoms with E-state index in [0.717, 1.165) is 29.2 Å². The van der Waals surface area contributed by atoms with Gasteiger partial charge in [-0.15, -0.1) is 11.3 Å². The van der Waals surface area contributed by atoms with E-state index in [-0.39, 0.29) is 0 Å². The lowest BCUT2D eigenvalue weighted by molar-refractivity contribution is 0.224. The van der Waals surface area contributed by atoms with Gasteiger partial charge in [0.1, 0.15) is 11.9 Å². The summed E-state index contributed by atoms with van der Waals surface area (Å²) in [5, 5.41) is 10.6. The second-order valence-electron chi connectivity index (χ2n) is 5.62. The van der Waals surface area contributed by atoms with Crippen LogP contribution in [0.15, 0.2) is 30.3 Å². The summed E-state index contributed by atoms with van der Waals surface area (Å²) < 4.78 is 5.58. The molecule has 1 aliphatic carbocycles. The molecule has 1 aromatic heterocycles. The third kappa shape index (κ3) is 3.30. The number of aliphatic hydroxyl groups is 1. The molecule has 3 rings (SSSR count). The van der Waals surface area contributed by atoms with Gasteiger partial charge in [0.15, 0.2) is 0 Å². The van der Waals surface area contributed by atoms with Gasteiger partial charge in [0.05, 0.1) is 6.61 Å². The molecular weight excluding hydrogens is 280 g/mol. The number of ether oxygens (including phenoxy) is 1. The summed E-state index contributed by atoms with van der Waals surface area (Å²) in [5.74, 6) is 0.873. The SMILES string of the molecule is CCCOc1ccc(C(O)c2cc3c(s2)CCCC3)cc1. The van der Waals surface area contributed by atoms with Crippen LogP contribution in [0.5, 0.6) is 5.75 Å². The van der Waals surface area contributed by atoms with E-state index in [9.17, 15) is 5.11 Å². The molecule has 0 amide bonds. The van der Waals surface area contributed by atoms with E-state index >= 15 is 0 Å². The van der Waals surface area contributed by atoms with Gasteiger partial charge in [-0.2, -0.15) is 0 Å². The van der Waals surface area contributed by atoms with Gasteiger partial charge in [0.25, 0.3) is 0 Å². The molecule has 1 atom stereocenters. The first-order valence-electron chi connectivity index (χ1n) is 7.80. The highest BCUT2D eigenvalue weighted by Crippen LogP contribution is 2.35. The number of hydrogen-bond acceptors (Lipinski definition) is 3. The fourth-order valence-corrected chi connectivity index (χ4v) is 4.05. The number of thiophene rings is 1. The van der Waals surface area contributed by atoms with Crippen LogP contribution in [0.3, 0.4) is 0 Å². The minimum absolute atomic E-state index is 0.513. The first-order valence-corrected chi connectivity index (χ1v) is 8.62. The first kappa shape index (κ1) is 14.6. The molecule has 0 bridgehead atoms. The summed E-state index contributed by atoms with van der Waals surface area (Å²) in [7, 11) is 0. The predicted octanol–water partition coefficient (Wildman–Crippen LogP) is 4.50. The zero-order valence-corrected chi connectivity index (χ0v) is 13.3. The van der Waals surface area contributed by atoms with Crippen molar-refractivity contribution in [2.75, 3.05) is 6.61 Å². The topological polar surface area (TPSA) is 29.5 Å². The van der Waals surface area contributed by atoms with Crippen molar-refractivity contribution in [3.05, 3.63) is 51.2 Å². The Morgan fingerprint density at radius 1 is 1.19 bits per heavy atom. The van der Waals surface area contributed by atoms with Crippen molar-refractivity contribution in [3.8, 4) is 5.75 Å². The molecule has 112 valence electrons. The minimum atomic E-state index is -0.513. The summed E-state index contributed by atoms with van der Waals surface area (Å²) in [5.41, 5.74) is 2.39. The number of rotatable bonds is 5. The summed E-state index contributed by atoms with van der Waals surface area (Å²) in [4.78, 5) is 2.54. The smallest absolute Gasteiger partial charge is 0.119 e. The van der Waals surface area contributed by atoms with E-state index in [2.05, 4.69) is 13.0 Å². The second kappa shape index (κ2) is 6.63. The van der Waals surface area contributed by atoms with E-state index in [1.54, 1.807) is 11.3 Å². The highest BCUT2D eigenvalue weighted by molar-refractivity contribution is 7.12. The third-order valence-electron chi connectivity index (χ3n) is 3.95. The fraction of sp³-hybridized carbons (Fsp3) is 0.444. The standard InChI is InChI=1S/C18H22O2S/c1-2-11-20-15-9-7-13(8-10-15)18(19)17-12-14-5-3-4-6-16(14)21-17/h7-10,12,18-19H,2-6,11H2,1H3. The molecule has 2 nitrogen and oxygen atoms in total. The molecule has 1 unspecified atom stereocenters. The summed E-state index contributed by atoms with van der Waals surface area (Å²) in [6.45, 7) is 2.83. The van der Waals surface area contributed by atoms with E-state index in [1.807, 2.05) is 24.3 Å². The monoisotopic (exact) mass is 302 g/mol. The Morgan fingerprint density at radius 2 is 1.95 bits per heavy atom. The molecule has 0 aliphatic heterocycles. The maximum atomic E-state index is 10.6. The van der Waals surface area contributed by atoms with Crippen molar-refractivity contribution in [2.45, 2.75) is 45.1 Å². The highest BCUT2D eigenvalue weighted by Gasteiger charge is 2.18. The van der Waals surface area contributed by atoms with Gasteiger partial charge < -0.3 is 9.84 Å². The van der Waals surface area contributed by atoms with Crippen molar-refractivity contribution < 1.29 is 9.84 Å². The van der Waals surface area contributed by atoms with Crippen LogP contribution in [0.1, 0.15) is 53.2 Å². The zero-order chi connectivity index (χ0) is 14.7. The Balaban J connectivity index is 1.75. The van der Waals surface area contributed by atoms with Crippen molar-refractivity contribution >= 4 is 11.3 Å².